The molecule has 6 heteroatoms. The number of nitrogens with zero attached hydrogens (tertiary/aromatic N) is 3. The van der Waals surface area contributed by atoms with Gasteiger partial charge in [-0.05, 0) is 63.6 Å². The predicted octanol–water partition coefficient (Wildman–Crippen LogP) is 1.56. The van der Waals surface area contributed by atoms with Gasteiger partial charge in [-0.2, -0.15) is 0 Å². The van der Waals surface area contributed by atoms with Crippen molar-refractivity contribution in [3.05, 3.63) is 35.6 Å². The van der Waals surface area contributed by atoms with Gasteiger partial charge in [-0.3, -0.25) is 4.99 Å². The first-order valence-electron chi connectivity index (χ1n) is 9.27. The van der Waals surface area contributed by atoms with Crippen LogP contribution in [-0.2, 0) is 6.42 Å². The van der Waals surface area contributed by atoms with Crippen LogP contribution in [0.15, 0.2) is 29.3 Å². The number of hydrogen-bond acceptors (Lipinski definition) is 3. The highest BCUT2D eigenvalue weighted by Crippen LogP contribution is 2.03. The molecule has 0 aliphatic carbocycles. The molecule has 1 aliphatic heterocycles. The topological polar surface area (TPSA) is 42.9 Å². The molecule has 0 atom stereocenters. The summed E-state index contributed by atoms with van der Waals surface area (Å²) in [5.74, 6) is 0.642. The molecule has 1 aromatic carbocycles. The van der Waals surface area contributed by atoms with Gasteiger partial charge < -0.3 is 20.4 Å². The van der Waals surface area contributed by atoms with Gasteiger partial charge in [-0.15, -0.1) is 0 Å². The normalized spacial score (nSPS) is 17.3. The van der Waals surface area contributed by atoms with Crippen LogP contribution in [0.3, 0.4) is 0 Å². The molecule has 0 spiro atoms. The Bertz CT molecular complexity index is 517. The van der Waals surface area contributed by atoms with E-state index in [-0.39, 0.29) is 5.82 Å². The van der Waals surface area contributed by atoms with Crippen molar-refractivity contribution in [2.24, 2.45) is 4.99 Å². The molecule has 0 aromatic heterocycles. The molecule has 0 amide bonds. The summed E-state index contributed by atoms with van der Waals surface area (Å²) >= 11 is 0. The van der Waals surface area contributed by atoms with Gasteiger partial charge in [0.25, 0.3) is 0 Å². The standard InChI is InChI=1S/C19H32FN5/c1-21-19(23-11-9-17-5-7-18(20)8-6-17)22-10-3-13-25-14-4-12-24(2)15-16-25/h5-8H,3-4,9-16H2,1-2H3,(H2,21,22,23). The summed E-state index contributed by atoms with van der Waals surface area (Å²) in [5, 5.41) is 6.68. The molecule has 1 aliphatic rings. The van der Waals surface area contributed by atoms with E-state index in [1.807, 2.05) is 12.1 Å². The Morgan fingerprint density at radius 2 is 1.84 bits per heavy atom. The predicted molar refractivity (Wildman–Crippen MR) is 103 cm³/mol. The van der Waals surface area contributed by atoms with E-state index in [2.05, 4.69) is 32.5 Å². The van der Waals surface area contributed by atoms with Crippen LogP contribution in [0.1, 0.15) is 18.4 Å². The monoisotopic (exact) mass is 349 g/mol. The molecule has 0 bridgehead atoms. The van der Waals surface area contributed by atoms with E-state index >= 15 is 0 Å². The highest BCUT2D eigenvalue weighted by molar-refractivity contribution is 5.79. The van der Waals surface area contributed by atoms with E-state index in [9.17, 15) is 4.39 Å². The van der Waals surface area contributed by atoms with E-state index in [4.69, 9.17) is 0 Å². The summed E-state index contributed by atoms with van der Waals surface area (Å²) in [6.07, 6.45) is 3.22. The van der Waals surface area contributed by atoms with Crippen LogP contribution in [0.5, 0.6) is 0 Å². The fraction of sp³-hybridized carbons (Fsp3) is 0.632. The lowest BCUT2D eigenvalue weighted by atomic mass is 10.1. The molecule has 2 N–H and O–H groups in total. The van der Waals surface area contributed by atoms with Gasteiger partial charge in [-0.25, -0.2) is 4.39 Å². The number of nitrogens with one attached hydrogen (secondary N) is 2. The van der Waals surface area contributed by atoms with E-state index in [1.54, 1.807) is 7.05 Å². The Labute approximate surface area is 151 Å². The lowest BCUT2D eigenvalue weighted by Gasteiger charge is -2.20. The van der Waals surface area contributed by atoms with Crippen molar-refractivity contribution in [3.8, 4) is 0 Å². The smallest absolute Gasteiger partial charge is 0.190 e. The molecule has 0 unspecified atom stereocenters. The maximum atomic E-state index is 12.9. The molecule has 1 aromatic rings. The molecule has 0 radical (unpaired) electrons. The minimum atomic E-state index is -0.190. The second-order valence-electron chi connectivity index (χ2n) is 6.65. The SMILES string of the molecule is CN=C(NCCCN1CCCN(C)CC1)NCCc1ccc(F)cc1. The molecule has 2 rings (SSSR count). The van der Waals surface area contributed by atoms with E-state index in [1.165, 1.54) is 44.7 Å². The second-order valence-corrected chi connectivity index (χ2v) is 6.65. The molecule has 140 valence electrons. The Morgan fingerprint density at radius 3 is 2.60 bits per heavy atom. The minimum absolute atomic E-state index is 0.190. The fourth-order valence-corrected chi connectivity index (χ4v) is 3.03. The summed E-state index contributed by atoms with van der Waals surface area (Å²) in [5.41, 5.74) is 1.12. The number of halogens is 1. The molecular formula is C19H32FN5. The molecule has 25 heavy (non-hydrogen) atoms. The van der Waals surface area contributed by atoms with Crippen LogP contribution in [-0.4, -0.2) is 75.7 Å². The van der Waals surface area contributed by atoms with E-state index in [0.29, 0.717) is 0 Å². The van der Waals surface area contributed by atoms with Crippen molar-refractivity contribution in [2.75, 3.05) is 59.9 Å². The third-order valence-corrected chi connectivity index (χ3v) is 4.60. The molecule has 1 fully saturated rings. The lowest BCUT2D eigenvalue weighted by Crippen LogP contribution is -2.39. The van der Waals surface area contributed by atoms with Crippen molar-refractivity contribution in [2.45, 2.75) is 19.3 Å². The van der Waals surface area contributed by atoms with E-state index in [0.717, 1.165) is 44.0 Å². The summed E-state index contributed by atoms with van der Waals surface area (Å²) in [4.78, 5) is 9.22. The summed E-state index contributed by atoms with van der Waals surface area (Å²) in [6, 6.07) is 6.66. The van der Waals surface area contributed by atoms with Crippen LogP contribution >= 0.6 is 0 Å². The van der Waals surface area contributed by atoms with Crippen molar-refractivity contribution >= 4 is 5.96 Å². The lowest BCUT2D eigenvalue weighted by molar-refractivity contribution is 0.274. The average molecular weight is 349 g/mol. The summed E-state index contributed by atoms with van der Waals surface area (Å²) in [6.45, 7) is 7.58. The third-order valence-electron chi connectivity index (χ3n) is 4.60. The zero-order valence-corrected chi connectivity index (χ0v) is 15.6. The Balaban J connectivity index is 1.57. The van der Waals surface area contributed by atoms with Crippen LogP contribution in [0, 0.1) is 5.82 Å². The average Bonchev–Trinajstić information content (AvgIpc) is 2.83. The summed E-state index contributed by atoms with van der Waals surface area (Å²) in [7, 11) is 3.99. The van der Waals surface area contributed by atoms with Gasteiger partial charge in [-0.1, -0.05) is 12.1 Å². The van der Waals surface area contributed by atoms with Gasteiger partial charge in [0.1, 0.15) is 5.82 Å². The first-order valence-corrected chi connectivity index (χ1v) is 9.27. The number of likely N-dealkylation sites (N-methyl/N-ethyl adjacent to an activating group) is 1. The zero-order chi connectivity index (χ0) is 17.9. The number of benzene rings is 1. The van der Waals surface area contributed by atoms with Crippen molar-refractivity contribution in [1.82, 2.24) is 20.4 Å². The molecule has 0 saturated carbocycles. The van der Waals surface area contributed by atoms with Crippen molar-refractivity contribution in [1.29, 1.82) is 0 Å². The van der Waals surface area contributed by atoms with Crippen molar-refractivity contribution < 1.29 is 4.39 Å². The van der Waals surface area contributed by atoms with Crippen LogP contribution < -0.4 is 10.6 Å². The van der Waals surface area contributed by atoms with Gasteiger partial charge in [0, 0.05) is 33.2 Å². The van der Waals surface area contributed by atoms with Gasteiger partial charge in [0.2, 0.25) is 0 Å². The van der Waals surface area contributed by atoms with Crippen LogP contribution in [0.2, 0.25) is 0 Å². The second kappa shape index (κ2) is 11.1. The zero-order valence-electron chi connectivity index (χ0n) is 15.6. The molecule has 1 heterocycles. The number of guanidine groups is 1. The van der Waals surface area contributed by atoms with Gasteiger partial charge in [0.15, 0.2) is 5.96 Å². The summed E-state index contributed by atoms with van der Waals surface area (Å²) < 4.78 is 12.9. The maximum absolute atomic E-state index is 12.9. The first kappa shape index (κ1) is 19.7. The Morgan fingerprint density at radius 1 is 1.08 bits per heavy atom. The largest absolute Gasteiger partial charge is 0.356 e. The highest BCUT2D eigenvalue weighted by atomic mass is 19.1. The number of rotatable bonds is 7. The van der Waals surface area contributed by atoms with Crippen LogP contribution in [0.4, 0.5) is 4.39 Å². The quantitative estimate of drug-likeness (QED) is 0.445. The fourth-order valence-electron chi connectivity index (χ4n) is 3.03. The van der Waals surface area contributed by atoms with Crippen molar-refractivity contribution in [3.63, 3.8) is 0 Å². The third kappa shape index (κ3) is 7.84. The minimum Gasteiger partial charge on any atom is -0.356 e. The maximum Gasteiger partial charge on any atom is 0.190 e. The highest BCUT2D eigenvalue weighted by Gasteiger charge is 2.11. The first-order chi connectivity index (χ1) is 12.2. The molecule has 5 nitrogen and oxygen atoms in total. The number of aliphatic imine (C=N–C) groups is 1. The Kier molecular flexibility index (Phi) is 8.69. The number of hydrogen-bond donors (Lipinski definition) is 2. The van der Waals surface area contributed by atoms with E-state index < -0.39 is 0 Å². The van der Waals surface area contributed by atoms with Crippen LogP contribution in [0.25, 0.3) is 0 Å². The van der Waals surface area contributed by atoms with Gasteiger partial charge in [0.05, 0.1) is 0 Å². The Hall–Kier alpha value is -1.66. The molecular weight excluding hydrogens is 317 g/mol. The molecule has 1 saturated heterocycles. The van der Waals surface area contributed by atoms with Gasteiger partial charge >= 0.3 is 0 Å².